The summed E-state index contributed by atoms with van der Waals surface area (Å²) in [5, 5.41) is 14.7. The first-order valence-corrected chi connectivity index (χ1v) is 10.1. The summed E-state index contributed by atoms with van der Waals surface area (Å²) in [6.07, 6.45) is -3.04. The molecule has 0 saturated heterocycles. The van der Waals surface area contributed by atoms with Crippen LogP contribution in [0.5, 0.6) is 0 Å². The summed E-state index contributed by atoms with van der Waals surface area (Å²) in [7, 11) is 0. The molecule has 0 aliphatic carbocycles. The number of carbonyl (C=O) groups is 1. The Hall–Kier alpha value is -2.70. The van der Waals surface area contributed by atoms with E-state index >= 15 is 0 Å². The van der Waals surface area contributed by atoms with Gasteiger partial charge in [0.2, 0.25) is 5.91 Å². The number of hydrogen-bond donors (Lipinski definition) is 3. The highest BCUT2D eigenvalue weighted by Gasteiger charge is 2.08. The maximum absolute atomic E-state index is 12.4. The van der Waals surface area contributed by atoms with Crippen LogP contribution in [0.2, 0.25) is 0 Å². The van der Waals surface area contributed by atoms with Gasteiger partial charge in [0.05, 0.1) is 25.0 Å². The molecule has 0 bridgehead atoms. The van der Waals surface area contributed by atoms with Gasteiger partial charge >= 0.3 is 0 Å². The maximum Gasteiger partial charge on any atom is 0.230 e. The van der Waals surface area contributed by atoms with E-state index in [0.29, 0.717) is 24.9 Å². The minimum Gasteiger partial charge on any atom is -0.388 e. The van der Waals surface area contributed by atoms with Crippen LogP contribution in [0.4, 0.5) is 10.8 Å². The average molecular weight is 417 g/mol. The molecule has 0 fully saturated rings. The lowest BCUT2D eigenvalue weighted by Crippen LogP contribution is -2.14. The summed E-state index contributed by atoms with van der Waals surface area (Å²) in [4.78, 5) is 16.3. The van der Waals surface area contributed by atoms with E-state index in [2.05, 4.69) is 10.3 Å². The summed E-state index contributed by atoms with van der Waals surface area (Å²) in [6.45, 7) is 1.47. The van der Waals surface area contributed by atoms with Crippen molar-refractivity contribution >= 4 is 28.1 Å². The molecule has 0 aliphatic heterocycles. The fourth-order valence-electron chi connectivity index (χ4n) is 2.64. The summed E-state index contributed by atoms with van der Waals surface area (Å²) in [5.41, 5.74) is 6.68. The number of nitrogens with zero attached hydrogens (tertiary/aromatic N) is 1. The Morgan fingerprint density at radius 3 is 2.69 bits per heavy atom. The third kappa shape index (κ3) is 6.69. The standard InChI is InChI=1S/C23H27N3O2S/c1-16-6-10-18(11-7-16)21(27)5-3-2-4-17-8-12-19(13-9-17)25-22(28)14-20-15-29-23(24)26-20/h6-13,15,21,27H,2-5,14H2,1H3,(H2,24,26)(H,25,28)/t21-/m0/s1/i6D,7D,10D,11D,14D2,21D. The number of benzene rings is 2. The molecule has 0 saturated carbocycles. The number of anilines is 2. The van der Waals surface area contributed by atoms with E-state index in [1.165, 1.54) is 12.3 Å². The van der Waals surface area contributed by atoms with Gasteiger partial charge in [0.15, 0.2) is 5.13 Å². The molecule has 5 nitrogen and oxygen atoms in total. The van der Waals surface area contributed by atoms with Gasteiger partial charge in [0, 0.05) is 13.8 Å². The van der Waals surface area contributed by atoms with Gasteiger partial charge in [-0.2, -0.15) is 0 Å². The molecule has 0 aliphatic rings. The van der Waals surface area contributed by atoms with E-state index in [4.69, 9.17) is 15.3 Å². The van der Waals surface area contributed by atoms with E-state index < -0.39 is 30.4 Å². The van der Waals surface area contributed by atoms with Crippen LogP contribution < -0.4 is 11.1 Å². The number of nitrogens with one attached hydrogen (secondary N) is 1. The zero-order valence-corrected chi connectivity index (χ0v) is 16.8. The molecule has 0 spiro atoms. The van der Waals surface area contributed by atoms with E-state index in [9.17, 15) is 9.90 Å². The zero-order valence-electron chi connectivity index (χ0n) is 23.0. The number of aromatic nitrogens is 1. The molecule has 1 amide bonds. The quantitative estimate of drug-likeness (QED) is 0.443. The van der Waals surface area contributed by atoms with E-state index in [0.717, 1.165) is 16.9 Å². The number of rotatable bonds is 9. The summed E-state index contributed by atoms with van der Waals surface area (Å²) >= 11 is 1.05. The van der Waals surface area contributed by atoms with Gasteiger partial charge in [-0.05, 0) is 49.4 Å². The van der Waals surface area contributed by atoms with Crippen molar-refractivity contribution in [3.8, 4) is 0 Å². The Morgan fingerprint density at radius 2 is 2.03 bits per heavy atom. The van der Waals surface area contributed by atoms with Crippen LogP contribution >= 0.6 is 11.3 Å². The predicted octanol–water partition coefficient (Wildman–Crippen LogP) is 4.66. The third-order valence-corrected chi connectivity index (χ3v) is 4.82. The maximum atomic E-state index is 12.4. The van der Waals surface area contributed by atoms with Gasteiger partial charge in [-0.15, -0.1) is 11.3 Å². The van der Waals surface area contributed by atoms with Crippen LogP contribution in [0, 0.1) is 6.92 Å². The molecule has 0 unspecified atom stereocenters. The van der Waals surface area contributed by atoms with Crippen LogP contribution in [0.1, 0.15) is 57.3 Å². The molecule has 1 aromatic heterocycles. The second-order valence-electron chi connectivity index (χ2n) is 6.50. The Morgan fingerprint density at radius 1 is 1.31 bits per heavy atom. The monoisotopic (exact) mass is 416 g/mol. The lowest BCUT2D eigenvalue weighted by Gasteiger charge is -2.11. The first kappa shape index (κ1) is 13.5. The molecule has 3 aromatic rings. The number of aryl methyl sites for hydroxylation is 1. The predicted molar refractivity (Wildman–Crippen MR) is 119 cm³/mol. The molecule has 1 heterocycles. The van der Waals surface area contributed by atoms with Gasteiger partial charge in [-0.3, -0.25) is 4.79 Å². The summed E-state index contributed by atoms with van der Waals surface area (Å²) in [5.74, 6) is -0.861. The average Bonchev–Trinajstić information content (AvgIpc) is 3.27. The number of thiazole rings is 1. The van der Waals surface area contributed by atoms with Crippen molar-refractivity contribution in [2.45, 2.75) is 45.1 Å². The molecular weight excluding hydrogens is 382 g/mol. The lowest BCUT2D eigenvalue weighted by atomic mass is 10.0. The van der Waals surface area contributed by atoms with Crippen molar-refractivity contribution in [3.63, 3.8) is 0 Å². The Bertz CT molecular complexity index is 1230. The highest BCUT2D eigenvalue weighted by molar-refractivity contribution is 7.13. The van der Waals surface area contributed by atoms with Gasteiger partial charge in [-0.1, -0.05) is 48.3 Å². The minimum atomic E-state index is -2.34. The van der Waals surface area contributed by atoms with Gasteiger partial charge in [0.1, 0.15) is 0 Å². The van der Waals surface area contributed by atoms with Crippen LogP contribution in [-0.2, 0) is 17.6 Å². The van der Waals surface area contributed by atoms with Crippen LogP contribution in [0.3, 0.4) is 0 Å². The molecule has 3 rings (SSSR count). The van der Waals surface area contributed by atoms with Crippen LogP contribution in [0.25, 0.3) is 0 Å². The molecule has 29 heavy (non-hydrogen) atoms. The number of hydrogen-bond acceptors (Lipinski definition) is 5. The van der Waals surface area contributed by atoms with Crippen LogP contribution in [-0.4, -0.2) is 16.0 Å². The molecule has 2 aromatic carbocycles. The van der Waals surface area contributed by atoms with E-state index in [-0.39, 0.29) is 40.5 Å². The van der Waals surface area contributed by atoms with Crippen molar-refractivity contribution in [1.82, 2.24) is 4.98 Å². The zero-order chi connectivity index (χ0) is 26.8. The molecule has 6 heteroatoms. The summed E-state index contributed by atoms with van der Waals surface area (Å²) in [6, 6.07) is 5.55. The molecule has 152 valence electrons. The van der Waals surface area contributed by atoms with E-state index in [1.807, 2.05) is 0 Å². The third-order valence-electron chi connectivity index (χ3n) is 4.14. The SMILES string of the molecule is [2H]c1c([2H])c([C@@]([2H])(O)CCCCc2ccc(NC(=O)C([2H])([2H])c3csc(N)n3)cc2)c([2H])c([2H])c1C. The highest BCUT2D eigenvalue weighted by Crippen LogP contribution is 2.21. The number of unbranched alkanes of at least 4 members (excludes halogenated alkanes) is 1. The fraction of sp³-hybridized carbons (Fsp3) is 0.304. The largest absolute Gasteiger partial charge is 0.388 e. The molecule has 1 atom stereocenters. The second-order valence-corrected chi connectivity index (χ2v) is 7.39. The first-order valence-electron chi connectivity index (χ1n) is 12.7. The van der Waals surface area contributed by atoms with Gasteiger partial charge in [0.25, 0.3) is 0 Å². The van der Waals surface area contributed by atoms with Gasteiger partial charge < -0.3 is 16.2 Å². The van der Waals surface area contributed by atoms with Crippen molar-refractivity contribution in [1.29, 1.82) is 0 Å². The van der Waals surface area contributed by atoms with Crippen molar-refractivity contribution in [2.24, 2.45) is 0 Å². The number of aliphatic hydroxyl groups is 1. The van der Waals surface area contributed by atoms with Crippen molar-refractivity contribution < 1.29 is 19.5 Å². The topological polar surface area (TPSA) is 88.2 Å². The Balaban J connectivity index is 1.56. The first-order chi connectivity index (χ1) is 16.8. The smallest absolute Gasteiger partial charge is 0.230 e. The molecule has 0 radical (unpaired) electrons. The molecular formula is C23H27N3O2S. The van der Waals surface area contributed by atoms with Crippen LogP contribution in [0.15, 0.2) is 53.8 Å². The molecule has 4 N–H and O–H groups in total. The summed E-state index contributed by atoms with van der Waals surface area (Å²) < 4.78 is 56.3. The number of amides is 1. The number of carbonyl (C=O) groups excluding carboxylic acids is 1. The Labute approximate surface area is 185 Å². The lowest BCUT2D eigenvalue weighted by molar-refractivity contribution is -0.115. The van der Waals surface area contributed by atoms with Gasteiger partial charge in [-0.25, -0.2) is 4.98 Å². The number of nitrogen functional groups attached to an aromatic ring is 1. The van der Waals surface area contributed by atoms with Crippen molar-refractivity contribution in [2.75, 3.05) is 11.1 Å². The highest BCUT2D eigenvalue weighted by atomic mass is 32.1. The Kier molecular flexibility index (Phi) is 4.74. The second kappa shape index (κ2) is 10.2. The van der Waals surface area contributed by atoms with E-state index in [1.54, 1.807) is 24.3 Å². The minimum absolute atomic E-state index is 0.0490. The fourth-order valence-corrected chi connectivity index (χ4v) is 3.14. The van der Waals surface area contributed by atoms with Crippen molar-refractivity contribution in [3.05, 3.63) is 76.2 Å². The number of nitrogens with two attached hydrogens (primary N) is 1. The normalized spacial score (nSPS) is 17.0.